The minimum atomic E-state index is -0.456. The molecule has 6 nitrogen and oxygen atoms in total. The van der Waals surface area contributed by atoms with E-state index in [0.717, 1.165) is 18.1 Å². The molecule has 0 spiro atoms. The average molecular weight is 323 g/mol. The Labute approximate surface area is 128 Å². The molecule has 0 aliphatic carbocycles. The summed E-state index contributed by atoms with van der Waals surface area (Å²) in [6, 6.07) is 0. The van der Waals surface area contributed by atoms with Crippen molar-refractivity contribution < 1.29 is 14.3 Å². The fourth-order valence-electron chi connectivity index (χ4n) is 1.08. The van der Waals surface area contributed by atoms with E-state index < -0.39 is 5.60 Å². The van der Waals surface area contributed by atoms with Crippen molar-refractivity contribution in [1.29, 1.82) is 0 Å². The number of nitrogens with two attached hydrogens (primary N) is 1. The van der Waals surface area contributed by atoms with Gasteiger partial charge in [0.25, 0.3) is 0 Å². The van der Waals surface area contributed by atoms with Crippen LogP contribution in [0.4, 0.5) is 4.79 Å². The van der Waals surface area contributed by atoms with Gasteiger partial charge in [0.05, 0.1) is 0 Å². The average Bonchev–Trinajstić information content (AvgIpc) is 2.28. The highest BCUT2D eigenvalue weighted by atomic mass is 33.1. The van der Waals surface area contributed by atoms with Crippen LogP contribution < -0.4 is 16.4 Å². The zero-order valence-corrected chi connectivity index (χ0v) is 14.0. The molecule has 0 aliphatic rings. The van der Waals surface area contributed by atoms with Gasteiger partial charge in [0, 0.05) is 37.6 Å². The van der Waals surface area contributed by atoms with E-state index in [2.05, 4.69) is 10.6 Å². The molecule has 0 fully saturated rings. The third-order valence-corrected chi connectivity index (χ3v) is 4.26. The van der Waals surface area contributed by atoms with Gasteiger partial charge in [-0.3, -0.25) is 4.79 Å². The number of amides is 2. The molecular weight excluding hydrogens is 298 g/mol. The lowest BCUT2D eigenvalue weighted by atomic mass is 10.2. The van der Waals surface area contributed by atoms with Crippen LogP contribution in [0.2, 0.25) is 0 Å². The Bertz CT molecular complexity index is 296. The van der Waals surface area contributed by atoms with E-state index in [1.807, 2.05) is 20.8 Å². The van der Waals surface area contributed by atoms with Crippen molar-refractivity contribution >= 4 is 33.6 Å². The van der Waals surface area contributed by atoms with E-state index in [9.17, 15) is 9.59 Å². The maximum Gasteiger partial charge on any atom is 0.407 e. The normalized spacial score (nSPS) is 11.2. The molecule has 0 rings (SSSR count). The molecule has 0 saturated heterocycles. The van der Waals surface area contributed by atoms with Gasteiger partial charge in [-0.1, -0.05) is 21.6 Å². The van der Waals surface area contributed by atoms with E-state index >= 15 is 0 Å². The van der Waals surface area contributed by atoms with E-state index in [1.165, 1.54) is 0 Å². The summed E-state index contributed by atoms with van der Waals surface area (Å²) >= 11 is 0. The van der Waals surface area contributed by atoms with Crippen LogP contribution in [0.5, 0.6) is 0 Å². The van der Waals surface area contributed by atoms with Crippen molar-refractivity contribution in [2.24, 2.45) is 5.73 Å². The number of ether oxygens (including phenoxy) is 1. The second-order valence-electron chi connectivity index (χ2n) is 5.04. The molecule has 118 valence electrons. The fourth-order valence-corrected chi connectivity index (χ4v) is 2.93. The number of carbonyl (C=O) groups excluding carboxylic acids is 2. The Morgan fingerprint density at radius 2 is 1.70 bits per heavy atom. The number of carbonyl (C=O) groups is 2. The van der Waals surface area contributed by atoms with Crippen LogP contribution >= 0.6 is 21.6 Å². The molecule has 8 heteroatoms. The lowest BCUT2D eigenvalue weighted by Crippen LogP contribution is -2.33. The van der Waals surface area contributed by atoms with Crippen molar-refractivity contribution in [3.63, 3.8) is 0 Å². The number of hydrogen-bond donors (Lipinski definition) is 3. The topological polar surface area (TPSA) is 93.4 Å². The zero-order valence-electron chi connectivity index (χ0n) is 12.4. The Kier molecular flexibility index (Phi) is 10.8. The van der Waals surface area contributed by atoms with Gasteiger partial charge < -0.3 is 21.1 Å². The largest absolute Gasteiger partial charge is 0.444 e. The van der Waals surface area contributed by atoms with Gasteiger partial charge in [0.1, 0.15) is 5.60 Å². The van der Waals surface area contributed by atoms with Crippen LogP contribution in [0.15, 0.2) is 0 Å². The highest BCUT2D eigenvalue weighted by Crippen LogP contribution is 2.19. The van der Waals surface area contributed by atoms with Gasteiger partial charge in [-0.15, -0.1) is 0 Å². The van der Waals surface area contributed by atoms with Crippen LogP contribution in [0.1, 0.15) is 27.2 Å². The summed E-state index contributed by atoms with van der Waals surface area (Å²) in [4.78, 5) is 21.8. The maximum absolute atomic E-state index is 11.3. The van der Waals surface area contributed by atoms with Crippen molar-refractivity contribution in [3.8, 4) is 0 Å². The van der Waals surface area contributed by atoms with Crippen LogP contribution in [0.25, 0.3) is 0 Å². The summed E-state index contributed by atoms with van der Waals surface area (Å²) < 4.78 is 5.12. The van der Waals surface area contributed by atoms with Gasteiger partial charge in [0.2, 0.25) is 5.91 Å². The highest BCUT2D eigenvalue weighted by Gasteiger charge is 2.15. The third kappa shape index (κ3) is 15.5. The van der Waals surface area contributed by atoms with Gasteiger partial charge in [-0.25, -0.2) is 4.79 Å². The molecular formula is C12H25N3O3S2. The van der Waals surface area contributed by atoms with Gasteiger partial charge in [0.15, 0.2) is 0 Å². The number of primary amides is 1. The first-order chi connectivity index (χ1) is 9.31. The Morgan fingerprint density at radius 1 is 1.10 bits per heavy atom. The molecule has 4 N–H and O–H groups in total. The Hall–Kier alpha value is -0.600. The summed E-state index contributed by atoms with van der Waals surface area (Å²) in [7, 11) is 3.42. The monoisotopic (exact) mass is 323 g/mol. The van der Waals surface area contributed by atoms with Crippen LogP contribution in [-0.4, -0.2) is 48.7 Å². The summed E-state index contributed by atoms with van der Waals surface area (Å²) in [5.74, 6) is 1.48. The predicted octanol–water partition coefficient (Wildman–Crippen LogP) is 1.36. The van der Waals surface area contributed by atoms with Crippen molar-refractivity contribution in [2.45, 2.75) is 32.8 Å². The summed E-state index contributed by atoms with van der Waals surface area (Å²) in [5.41, 5.74) is 4.56. The first-order valence-electron chi connectivity index (χ1n) is 6.51. The highest BCUT2D eigenvalue weighted by molar-refractivity contribution is 8.76. The number of nitrogens with one attached hydrogen (secondary N) is 2. The van der Waals surface area contributed by atoms with E-state index in [0.29, 0.717) is 19.5 Å². The molecule has 0 aromatic heterocycles. The van der Waals surface area contributed by atoms with Crippen molar-refractivity contribution in [2.75, 3.05) is 31.1 Å². The molecule has 20 heavy (non-hydrogen) atoms. The lowest BCUT2D eigenvalue weighted by molar-refractivity contribution is -0.117. The first kappa shape index (κ1) is 19.4. The molecule has 0 bridgehead atoms. The van der Waals surface area contributed by atoms with Gasteiger partial charge in [-0.2, -0.15) is 0 Å². The molecule has 0 unspecified atom stereocenters. The zero-order chi connectivity index (χ0) is 15.4. The smallest absolute Gasteiger partial charge is 0.407 e. The predicted molar refractivity (Wildman–Crippen MR) is 85.8 cm³/mol. The summed E-state index contributed by atoms with van der Waals surface area (Å²) in [5, 5.41) is 5.83. The molecule has 0 radical (unpaired) electrons. The maximum atomic E-state index is 11.3. The quantitative estimate of drug-likeness (QED) is 0.415. The number of hydrogen-bond acceptors (Lipinski definition) is 6. The second-order valence-corrected chi connectivity index (χ2v) is 7.74. The molecule has 0 heterocycles. The van der Waals surface area contributed by atoms with Crippen LogP contribution in [-0.2, 0) is 9.53 Å². The van der Waals surface area contributed by atoms with Gasteiger partial charge >= 0.3 is 6.09 Å². The van der Waals surface area contributed by atoms with Crippen molar-refractivity contribution in [3.05, 3.63) is 0 Å². The minimum absolute atomic E-state index is 0.284. The molecule has 0 saturated carbocycles. The Morgan fingerprint density at radius 3 is 2.25 bits per heavy atom. The molecule has 0 atom stereocenters. The summed E-state index contributed by atoms with van der Waals surface area (Å²) in [6.07, 6.45) is -0.00586. The molecule has 0 aromatic rings. The molecule has 2 amide bonds. The molecule has 0 aliphatic heterocycles. The van der Waals surface area contributed by atoms with Crippen LogP contribution in [0.3, 0.4) is 0 Å². The SMILES string of the molecule is CC(C)(C)OC(=O)NCCSSCCNCCC(N)=O. The molecule has 0 aromatic carbocycles. The van der Waals surface area contributed by atoms with Crippen molar-refractivity contribution in [1.82, 2.24) is 10.6 Å². The number of rotatable bonds is 10. The minimum Gasteiger partial charge on any atom is -0.444 e. The van der Waals surface area contributed by atoms with E-state index in [1.54, 1.807) is 21.6 Å². The fraction of sp³-hybridized carbons (Fsp3) is 0.833. The third-order valence-electron chi connectivity index (χ3n) is 1.85. The summed E-state index contributed by atoms with van der Waals surface area (Å²) in [6.45, 7) is 7.56. The van der Waals surface area contributed by atoms with E-state index in [4.69, 9.17) is 10.5 Å². The Balaban J connectivity index is 3.25. The lowest BCUT2D eigenvalue weighted by Gasteiger charge is -2.19. The standard InChI is InChI=1S/C12H25N3O3S2/c1-12(2,3)18-11(17)15-7-9-20-19-8-6-14-5-4-10(13)16/h14H,4-9H2,1-3H3,(H2,13,16)(H,15,17). The first-order valence-corrected chi connectivity index (χ1v) is 9.00. The number of alkyl carbamates (subject to hydrolysis) is 1. The second kappa shape index (κ2) is 11.1. The van der Waals surface area contributed by atoms with Gasteiger partial charge in [-0.05, 0) is 20.8 Å². The van der Waals surface area contributed by atoms with E-state index in [-0.39, 0.29) is 12.0 Å². The van der Waals surface area contributed by atoms with Crippen LogP contribution in [0, 0.1) is 0 Å².